The summed E-state index contributed by atoms with van der Waals surface area (Å²) in [6.07, 6.45) is -0.930. The number of hydrogen-bond acceptors (Lipinski definition) is 5. The topological polar surface area (TPSA) is 84.9 Å². The highest BCUT2D eigenvalue weighted by molar-refractivity contribution is 6.30. The van der Waals surface area contributed by atoms with Crippen LogP contribution >= 0.6 is 11.6 Å². The monoisotopic (exact) mass is 342 g/mol. The average Bonchev–Trinajstić information content (AvgIpc) is 2.48. The highest BCUT2D eigenvalue weighted by Gasteiger charge is 2.26. The Morgan fingerprint density at radius 3 is 2.35 bits per heavy atom. The highest BCUT2D eigenvalue weighted by Crippen LogP contribution is 2.17. The number of ether oxygens (including phenoxy) is 1. The molecule has 0 saturated carbocycles. The number of hydrogen-bond donors (Lipinski definition) is 1. The summed E-state index contributed by atoms with van der Waals surface area (Å²) < 4.78 is 5.45. The molecule has 1 unspecified atom stereocenters. The molecule has 1 rings (SSSR count). The van der Waals surface area contributed by atoms with Gasteiger partial charge >= 0.3 is 0 Å². The molecule has 8 heteroatoms. The van der Waals surface area contributed by atoms with Crippen LogP contribution in [-0.2, 0) is 19.2 Å². The van der Waals surface area contributed by atoms with Gasteiger partial charge in [0.2, 0.25) is 11.8 Å². The van der Waals surface area contributed by atoms with Crippen LogP contribution in [0.2, 0.25) is 5.02 Å². The second-order valence-electron chi connectivity index (χ2n) is 4.68. The minimum atomic E-state index is -0.930. The average molecular weight is 343 g/mol. The summed E-state index contributed by atoms with van der Waals surface area (Å²) in [7, 11) is 0. The number of carbonyl (C=O) groups is 3. The molecule has 0 aromatic heterocycles. The number of amides is 3. The third-order valence-electron chi connectivity index (χ3n) is 2.66. The van der Waals surface area contributed by atoms with Crippen LogP contribution in [-0.4, -0.2) is 42.0 Å². The smallest absolute Gasteiger partial charge is 0.294 e. The van der Waals surface area contributed by atoms with Crippen molar-refractivity contribution in [3.8, 4) is 5.75 Å². The van der Waals surface area contributed by atoms with E-state index in [-0.39, 0.29) is 19.1 Å². The Morgan fingerprint density at radius 2 is 1.83 bits per heavy atom. The van der Waals surface area contributed by atoms with Crippen LogP contribution in [0.1, 0.15) is 20.8 Å². The van der Waals surface area contributed by atoms with E-state index in [4.69, 9.17) is 21.2 Å². The van der Waals surface area contributed by atoms with Crippen molar-refractivity contribution in [2.45, 2.75) is 26.9 Å². The Kier molecular flexibility index (Phi) is 7.50. The summed E-state index contributed by atoms with van der Waals surface area (Å²) in [6, 6.07) is 6.48. The molecule has 0 fully saturated rings. The maximum atomic E-state index is 12.2. The molecule has 1 N–H and O–H groups in total. The molecule has 0 bridgehead atoms. The van der Waals surface area contributed by atoms with Crippen molar-refractivity contribution in [1.82, 2.24) is 10.4 Å². The Balaban J connectivity index is 2.59. The first-order valence-corrected chi connectivity index (χ1v) is 7.33. The van der Waals surface area contributed by atoms with Crippen LogP contribution in [0.4, 0.5) is 0 Å². The first-order valence-electron chi connectivity index (χ1n) is 6.95. The van der Waals surface area contributed by atoms with Crippen molar-refractivity contribution >= 4 is 29.3 Å². The molecule has 126 valence electrons. The van der Waals surface area contributed by atoms with E-state index in [9.17, 15) is 14.4 Å². The number of nitrogens with one attached hydrogen (secondary N) is 1. The molecule has 1 aromatic carbocycles. The van der Waals surface area contributed by atoms with E-state index in [1.54, 1.807) is 24.3 Å². The largest absolute Gasteiger partial charge is 0.481 e. The maximum absolute atomic E-state index is 12.2. The summed E-state index contributed by atoms with van der Waals surface area (Å²) in [5, 5.41) is 3.67. The lowest BCUT2D eigenvalue weighted by molar-refractivity contribution is -0.197. The molecule has 0 spiro atoms. The van der Waals surface area contributed by atoms with Crippen LogP contribution in [0.5, 0.6) is 5.75 Å². The Morgan fingerprint density at radius 1 is 1.22 bits per heavy atom. The second-order valence-corrected chi connectivity index (χ2v) is 5.12. The molecule has 7 nitrogen and oxygen atoms in total. The van der Waals surface area contributed by atoms with Gasteiger partial charge in [-0.3, -0.25) is 19.2 Å². The van der Waals surface area contributed by atoms with Gasteiger partial charge in [-0.2, -0.15) is 5.06 Å². The van der Waals surface area contributed by atoms with Gasteiger partial charge in [-0.15, -0.1) is 0 Å². The number of imide groups is 1. The SMILES string of the molecule is CC(=O)NCCON(C(C)=O)C(=O)C(C)Oc1ccc(Cl)cc1. The molecule has 0 saturated heterocycles. The Hall–Kier alpha value is -2.12. The molecule has 0 aliphatic carbocycles. The summed E-state index contributed by atoms with van der Waals surface area (Å²) >= 11 is 5.77. The minimum absolute atomic E-state index is 0.0153. The summed E-state index contributed by atoms with van der Waals surface area (Å²) in [5.74, 6) is -1.01. The van der Waals surface area contributed by atoms with Gasteiger partial charge in [0.05, 0.1) is 6.61 Å². The van der Waals surface area contributed by atoms with E-state index in [0.29, 0.717) is 15.8 Å². The molecule has 3 amide bonds. The van der Waals surface area contributed by atoms with Gasteiger partial charge in [-0.05, 0) is 31.2 Å². The molecule has 23 heavy (non-hydrogen) atoms. The van der Waals surface area contributed by atoms with E-state index in [2.05, 4.69) is 5.32 Å². The van der Waals surface area contributed by atoms with E-state index in [1.165, 1.54) is 20.8 Å². The standard InChI is InChI=1S/C15H19ClN2O5/c1-10(23-14-6-4-13(16)5-7-14)15(21)18(12(3)20)22-9-8-17-11(2)19/h4-7,10H,8-9H2,1-3H3,(H,17,19). The van der Waals surface area contributed by atoms with Gasteiger partial charge in [0.25, 0.3) is 5.91 Å². The quantitative estimate of drug-likeness (QED) is 0.600. The van der Waals surface area contributed by atoms with E-state index < -0.39 is 17.9 Å². The molecule has 0 aliphatic rings. The Bertz CT molecular complexity index is 561. The predicted molar refractivity (Wildman–Crippen MR) is 83.7 cm³/mol. The van der Waals surface area contributed by atoms with E-state index >= 15 is 0 Å². The number of hydroxylamine groups is 2. The zero-order chi connectivity index (χ0) is 17.4. The molecule has 0 heterocycles. The normalized spacial score (nSPS) is 11.5. The first-order chi connectivity index (χ1) is 10.8. The van der Waals surface area contributed by atoms with Gasteiger partial charge in [0.1, 0.15) is 5.75 Å². The van der Waals surface area contributed by atoms with Crippen LogP contribution in [0.15, 0.2) is 24.3 Å². The van der Waals surface area contributed by atoms with Crippen LogP contribution in [0.25, 0.3) is 0 Å². The lowest BCUT2D eigenvalue weighted by atomic mass is 10.3. The van der Waals surface area contributed by atoms with Gasteiger partial charge in [0, 0.05) is 25.4 Å². The van der Waals surface area contributed by atoms with Crippen LogP contribution < -0.4 is 10.1 Å². The molecular weight excluding hydrogens is 324 g/mol. The van der Waals surface area contributed by atoms with Gasteiger partial charge in [-0.1, -0.05) is 11.6 Å². The Labute approximate surface area is 139 Å². The third-order valence-corrected chi connectivity index (χ3v) is 2.91. The fourth-order valence-corrected chi connectivity index (χ4v) is 1.73. The first kappa shape index (κ1) is 18.9. The van der Waals surface area contributed by atoms with Gasteiger partial charge in [-0.25, -0.2) is 0 Å². The summed E-state index contributed by atoms with van der Waals surface area (Å²) in [4.78, 5) is 39.6. The lowest BCUT2D eigenvalue weighted by Gasteiger charge is -2.22. The number of benzene rings is 1. The highest BCUT2D eigenvalue weighted by atomic mass is 35.5. The van der Waals surface area contributed by atoms with Crippen molar-refractivity contribution in [3.63, 3.8) is 0 Å². The van der Waals surface area contributed by atoms with Crippen molar-refractivity contribution < 1.29 is 24.0 Å². The minimum Gasteiger partial charge on any atom is -0.481 e. The number of halogens is 1. The molecular formula is C15H19ClN2O5. The number of nitrogens with zero attached hydrogens (tertiary/aromatic N) is 1. The van der Waals surface area contributed by atoms with Gasteiger partial charge < -0.3 is 10.1 Å². The van der Waals surface area contributed by atoms with Gasteiger partial charge in [0.15, 0.2) is 6.10 Å². The molecule has 0 radical (unpaired) electrons. The fraction of sp³-hybridized carbons (Fsp3) is 0.400. The zero-order valence-corrected chi connectivity index (χ0v) is 13.9. The zero-order valence-electron chi connectivity index (χ0n) is 13.2. The van der Waals surface area contributed by atoms with E-state index in [0.717, 1.165) is 0 Å². The van der Waals surface area contributed by atoms with Crippen molar-refractivity contribution in [1.29, 1.82) is 0 Å². The second kappa shape index (κ2) is 9.12. The number of rotatable bonds is 7. The van der Waals surface area contributed by atoms with Crippen molar-refractivity contribution in [2.75, 3.05) is 13.2 Å². The molecule has 1 aromatic rings. The molecule has 0 aliphatic heterocycles. The maximum Gasteiger partial charge on any atom is 0.294 e. The third kappa shape index (κ3) is 6.66. The number of carbonyl (C=O) groups excluding carboxylic acids is 3. The summed E-state index contributed by atoms with van der Waals surface area (Å²) in [5.41, 5.74) is 0. The molecule has 1 atom stereocenters. The lowest BCUT2D eigenvalue weighted by Crippen LogP contribution is -2.44. The van der Waals surface area contributed by atoms with Crippen molar-refractivity contribution in [3.05, 3.63) is 29.3 Å². The van der Waals surface area contributed by atoms with Crippen molar-refractivity contribution in [2.24, 2.45) is 0 Å². The predicted octanol–water partition coefficient (Wildman–Crippen LogP) is 1.55. The van der Waals surface area contributed by atoms with Crippen LogP contribution in [0, 0.1) is 0 Å². The summed E-state index contributed by atoms with van der Waals surface area (Å²) in [6.45, 7) is 4.22. The fourth-order valence-electron chi connectivity index (χ4n) is 1.61. The van der Waals surface area contributed by atoms with Crippen LogP contribution in [0.3, 0.4) is 0 Å². The van der Waals surface area contributed by atoms with E-state index in [1.807, 2.05) is 0 Å².